The van der Waals surface area contributed by atoms with Gasteiger partial charge in [-0.3, -0.25) is 0 Å². The Kier molecular flexibility index (Phi) is 6.33. The quantitative estimate of drug-likeness (QED) is 0.825. The number of nitrogens with zero attached hydrogens (tertiary/aromatic N) is 1. The van der Waals surface area contributed by atoms with E-state index in [9.17, 15) is 4.79 Å². The zero-order valence-corrected chi connectivity index (χ0v) is 15.0. The van der Waals surface area contributed by atoms with Gasteiger partial charge in [-0.2, -0.15) is 11.8 Å². The van der Waals surface area contributed by atoms with E-state index in [-0.39, 0.29) is 24.8 Å². The van der Waals surface area contributed by atoms with Crippen molar-refractivity contribution in [2.75, 3.05) is 25.7 Å². The van der Waals surface area contributed by atoms with Crippen LogP contribution in [0, 0.1) is 0 Å². The van der Waals surface area contributed by atoms with E-state index in [0.717, 1.165) is 11.3 Å². The monoisotopic (exact) mass is 339 g/mol. The zero-order chi connectivity index (χ0) is 16.9. The fourth-order valence-corrected chi connectivity index (χ4v) is 3.12. The highest BCUT2D eigenvalue weighted by molar-refractivity contribution is 7.98. The number of amides is 1. The molecule has 1 aliphatic heterocycles. The average molecular weight is 339 g/mol. The summed E-state index contributed by atoms with van der Waals surface area (Å²) in [6.07, 6.45) is 1.58. The highest BCUT2D eigenvalue weighted by Gasteiger charge is 2.40. The van der Waals surface area contributed by atoms with Crippen molar-refractivity contribution in [2.24, 2.45) is 0 Å². The lowest BCUT2D eigenvalue weighted by Gasteiger charge is -2.43. The molecule has 0 spiro atoms. The zero-order valence-electron chi connectivity index (χ0n) is 14.2. The van der Waals surface area contributed by atoms with Crippen molar-refractivity contribution in [2.45, 2.75) is 38.4 Å². The Hall–Kier alpha value is -1.24. The first kappa shape index (κ1) is 18.1. The molecular formula is C17H25NO4S. The molecule has 23 heavy (non-hydrogen) atoms. The largest absolute Gasteiger partial charge is 0.445 e. The second-order valence-electron chi connectivity index (χ2n) is 6.04. The topological polar surface area (TPSA) is 48.0 Å². The molecule has 5 nitrogen and oxygen atoms in total. The van der Waals surface area contributed by atoms with Gasteiger partial charge in [0, 0.05) is 12.8 Å². The van der Waals surface area contributed by atoms with Crippen LogP contribution in [0.2, 0.25) is 0 Å². The maximum Gasteiger partial charge on any atom is 0.410 e. The fraction of sp³-hybridized carbons (Fsp3) is 0.588. The summed E-state index contributed by atoms with van der Waals surface area (Å²) >= 11 is 1.69. The van der Waals surface area contributed by atoms with Gasteiger partial charge in [-0.1, -0.05) is 30.3 Å². The summed E-state index contributed by atoms with van der Waals surface area (Å²) in [5.74, 6) is 0.180. The predicted molar refractivity (Wildman–Crippen MR) is 91.5 cm³/mol. The number of benzene rings is 1. The summed E-state index contributed by atoms with van der Waals surface area (Å²) < 4.78 is 17.1. The van der Waals surface area contributed by atoms with Crippen molar-refractivity contribution in [3.05, 3.63) is 35.9 Å². The van der Waals surface area contributed by atoms with Crippen molar-refractivity contribution >= 4 is 17.9 Å². The third-order valence-electron chi connectivity index (χ3n) is 3.79. The van der Waals surface area contributed by atoms with Crippen LogP contribution >= 0.6 is 11.8 Å². The van der Waals surface area contributed by atoms with Crippen molar-refractivity contribution in [1.82, 2.24) is 4.90 Å². The normalized spacial score (nSPS) is 23.3. The number of carbonyl (C=O) groups is 1. The minimum Gasteiger partial charge on any atom is -0.445 e. The number of rotatable bonds is 5. The van der Waals surface area contributed by atoms with Crippen LogP contribution in [-0.4, -0.2) is 54.6 Å². The Balaban J connectivity index is 1.94. The first-order valence-corrected chi connectivity index (χ1v) is 9.06. The van der Waals surface area contributed by atoms with Gasteiger partial charge in [0.25, 0.3) is 0 Å². The van der Waals surface area contributed by atoms with Gasteiger partial charge in [-0.05, 0) is 25.7 Å². The summed E-state index contributed by atoms with van der Waals surface area (Å²) in [4.78, 5) is 13.9. The van der Waals surface area contributed by atoms with Crippen LogP contribution in [0.25, 0.3) is 0 Å². The average Bonchev–Trinajstić information content (AvgIpc) is 2.53. The van der Waals surface area contributed by atoms with Crippen LogP contribution in [0.3, 0.4) is 0 Å². The predicted octanol–water partition coefficient (Wildman–Crippen LogP) is 3.14. The van der Waals surface area contributed by atoms with Gasteiger partial charge in [-0.15, -0.1) is 0 Å². The van der Waals surface area contributed by atoms with E-state index in [0.29, 0.717) is 6.61 Å². The van der Waals surface area contributed by atoms with Gasteiger partial charge >= 0.3 is 6.09 Å². The number of thioether (sulfide) groups is 1. The molecule has 2 unspecified atom stereocenters. The SMILES string of the molecule is CSCC1OC(C)(C)OCC1N(C)C(=O)OCc1ccccc1. The Bertz CT molecular complexity index is 509. The molecule has 1 aromatic carbocycles. The van der Waals surface area contributed by atoms with E-state index in [4.69, 9.17) is 14.2 Å². The molecule has 128 valence electrons. The molecule has 1 amide bonds. The van der Waals surface area contributed by atoms with Crippen LogP contribution in [-0.2, 0) is 20.8 Å². The van der Waals surface area contributed by atoms with Gasteiger partial charge in [-0.25, -0.2) is 4.79 Å². The number of likely N-dealkylation sites (N-methyl/N-ethyl adjacent to an activating group) is 1. The van der Waals surface area contributed by atoms with Gasteiger partial charge in [0.05, 0.1) is 18.8 Å². The molecule has 6 heteroatoms. The molecular weight excluding hydrogens is 314 g/mol. The maximum absolute atomic E-state index is 12.3. The van der Waals surface area contributed by atoms with Crippen molar-refractivity contribution in [1.29, 1.82) is 0 Å². The third kappa shape index (κ3) is 5.12. The van der Waals surface area contributed by atoms with E-state index < -0.39 is 5.79 Å². The van der Waals surface area contributed by atoms with Gasteiger partial charge in [0.15, 0.2) is 5.79 Å². The van der Waals surface area contributed by atoms with Crippen molar-refractivity contribution < 1.29 is 19.0 Å². The molecule has 1 aliphatic rings. The lowest BCUT2D eigenvalue weighted by Crippen LogP contribution is -2.57. The van der Waals surface area contributed by atoms with E-state index in [2.05, 4.69) is 0 Å². The number of ether oxygens (including phenoxy) is 3. The molecule has 0 radical (unpaired) electrons. The lowest BCUT2D eigenvalue weighted by molar-refractivity contribution is -0.285. The number of hydrogen-bond acceptors (Lipinski definition) is 5. The van der Waals surface area contributed by atoms with Crippen LogP contribution in [0.15, 0.2) is 30.3 Å². The molecule has 1 saturated heterocycles. The second kappa shape index (κ2) is 8.04. The lowest BCUT2D eigenvalue weighted by atomic mass is 10.1. The van der Waals surface area contributed by atoms with Crippen molar-refractivity contribution in [3.8, 4) is 0 Å². The Morgan fingerprint density at radius 1 is 1.39 bits per heavy atom. The maximum atomic E-state index is 12.3. The highest BCUT2D eigenvalue weighted by Crippen LogP contribution is 2.27. The van der Waals surface area contributed by atoms with Gasteiger partial charge in [0.1, 0.15) is 6.61 Å². The van der Waals surface area contributed by atoms with Crippen LogP contribution in [0.1, 0.15) is 19.4 Å². The van der Waals surface area contributed by atoms with E-state index in [1.54, 1.807) is 23.7 Å². The molecule has 0 aliphatic carbocycles. The van der Waals surface area contributed by atoms with Crippen LogP contribution in [0.5, 0.6) is 0 Å². The van der Waals surface area contributed by atoms with E-state index in [1.165, 1.54) is 0 Å². The molecule has 0 saturated carbocycles. The second-order valence-corrected chi connectivity index (χ2v) is 6.95. The Morgan fingerprint density at radius 3 is 2.74 bits per heavy atom. The smallest absolute Gasteiger partial charge is 0.410 e. The first-order chi connectivity index (χ1) is 10.9. The molecule has 1 fully saturated rings. The summed E-state index contributed by atoms with van der Waals surface area (Å²) in [5.41, 5.74) is 0.965. The first-order valence-electron chi connectivity index (χ1n) is 7.67. The standard InChI is InChI=1S/C17H25NO4S/c1-17(2)21-11-14(15(22-17)12-23-4)18(3)16(19)20-10-13-8-6-5-7-9-13/h5-9,14-15H,10-12H2,1-4H3. The fourth-order valence-electron chi connectivity index (χ4n) is 2.50. The van der Waals surface area contributed by atoms with Crippen molar-refractivity contribution in [3.63, 3.8) is 0 Å². The van der Waals surface area contributed by atoms with Crippen LogP contribution in [0.4, 0.5) is 4.79 Å². The van der Waals surface area contributed by atoms with Gasteiger partial charge < -0.3 is 19.1 Å². The summed E-state index contributed by atoms with van der Waals surface area (Å²) in [7, 11) is 1.73. The molecule has 1 heterocycles. The summed E-state index contributed by atoms with van der Waals surface area (Å²) in [6.45, 7) is 4.49. The molecule has 2 rings (SSSR count). The van der Waals surface area contributed by atoms with Crippen LogP contribution < -0.4 is 0 Å². The highest BCUT2D eigenvalue weighted by atomic mass is 32.2. The molecule has 1 aromatic rings. The summed E-state index contributed by atoms with van der Waals surface area (Å²) in [5, 5.41) is 0. The minimum atomic E-state index is -0.619. The van der Waals surface area contributed by atoms with E-state index in [1.807, 2.05) is 50.4 Å². The van der Waals surface area contributed by atoms with E-state index >= 15 is 0 Å². The number of carbonyl (C=O) groups excluding carboxylic acids is 1. The summed E-state index contributed by atoms with van der Waals surface area (Å²) in [6, 6.07) is 9.48. The molecule has 2 atom stereocenters. The Labute approximate surface area is 142 Å². The Morgan fingerprint density at radius 2 is 2.09 bits per heavy atom. The third-order valence-corrected chi connectivity index (χ3v) is 4.45. The minimum absolute atomic E-state index is 0.0805. The van der Waals surface area contributed by atoms with Gasteiger partial charge in [0.2, 0.25) is 0 Å². The molecule has 0 aromatic heterocycles. The molecule has 0 bridgehead atoms. The number of hydrogen-bond donors (Lipinski definition) is 0. The molecule has 0 N–H and O–H groups in total.